The molecule has 0 aliphatic carbocycles. The summed E-state index contributed by atoms with van der Waals surface area (Å²) in [6.45, 7) is 1.35. The highest BCUT2D eigenvalue weighted by Crippen LogP contribution is 2.11. The number of aliphatic carboxylic acids is 1. The summed E-state index contributed by atoms with van der Waals surface area (Å²) in [4.78, 5) is 33.8. The number of hydrogen-bond acceptors (Lipinski definition) is 3. The molecule has 6 heteroatoms. The van der Waals surface area contributed by atoms with Crippen LogP contribution >= 0.6 is 0 Å². The zero-order chi connectivity index (χ0) is 15.1. The molecule has 0 fully saturated rings. The molecule has 0 saturated carbocycles. The summed E-state index contributed by atoms with van der Waals surface area (Å²) >= 11 is 0. The number of amides is 2. The monoisotopic (exact) mass is 274 g/mol. The number of rotatable bonds is 5. The molecule has 1 atom stereocenters. The molecule has 1 rings (SSSR count). The second kappa shape index (κ2) is 6.95. The largest absolute Gasteiger partial charge is 0.480 e. The Morgan fingerprint density at radius 3 is 2.65 bits per heavy atom. The predicted molar refractivity (Wildman–Crippen MR) is 73.1 cm³/mol. The fourth-order valence-corrected chi connectivity index (χ4v) is 1.50. The molecule has 0 aliphatic heterocycles. The van der Waals surface area contributed by atoms with Crippen LogP contribution in [0.2, 0.25) is 0 Å². The fourth-order valence-electron chi connectivity index (χ4n) is 1.50. The average Bonchev–Trinajstić information content (AvgIpc) is 2.37. The molecule has 0 radical (unpaired) electrons. The van der Waals surface area contributed by atoms with Crippen LogP contribution in [0, 0.1) is 12.3 Å². The first-order valence-electron chi connectivity index (χ1n) is 5.79. The molecular formula is C14H14N2O4. The van der Waals surface area contributed by atoms with Crippen molar-refractivity contribution in [3.63, 3.8) is 0 Å². The van der Waals surface area contributed by atoms with E-state index in [2.05, 4.69) is 16.6 Å². The van der Waals surface area contributed by atoms with Crippen LogP contribution in [0.3, 0.4) is 0 Å². The van der Waals surface area contributed by atoms with Crippen molar-refractivity contribution >= 4 is 23.5 Å². The Hall–Kier alpha value is -2.81. The van der Waals surface area contributed by atoms with Gasteiger partial charge in [0.2, 0.25) is 5.91 Å². The first-order valence-corrected chi connectivity index (χ1v) is 5.79. The Kier molecular flexibility index (Phi) is 5.30. The van der Waals surface area contributed by atoms with E-state index >= 15 is 0 Å². The number of terminal acetylenes is 1. The number of benzene rings is 1. The Bertz CT molecular complexity index is 575. The van der Waals surface area contributed by atoms with Crippen LogP contribution in [0.25, 0.3) is 0 Å². The Morgan fingerprint density at radius 2 is 2.10 bits per heavy atom. The molecule has 0 aromatic heterocycles. The molecule has 1 aromatic rings. The summed E-state index contributed by atoms with van der Waals surface area (Å²) in [6, 6.07) is 5.02. The van der Waals surface area contributed by atoms with Crippen molar-refractivity contribution < 1.29 is 19.5 Å². The van der Waals surface area contributed by atoms with Gasteiger partial charge in [0, 0.05) is 24.6 Å². The van der Waals surface area contributed by atoms with Gasteiger partial charge in [-0.05, 0) is 18.2 Å². The van der Waals surface area contributed by atoms with Crippen LogP contribution in [-0.2, 0) is 9.59 Å². The van der Waals surface area contributed by atoms with E-state index in [1.807, 2.05) is 0 Å². The summed E-state index contributed by atoms with van der Waals surface area (Å²) in [6.07, 6.45) is 4.94. The summed E-state index contributed by atoms with van der Waals surface area (Å²) < 4.78 is 0. The van der Waals surface area contributed by atoms with E-state index < -0.39 is 17.9 Å². The Labute approximate surface area is 116 Å². The molecule has 2 amide bonds. The molecule has 0 heterocycles. The maximum Gasteiger partial charge on any atom is 0.327 e. The lowest BCUT2D eigenvalue weighted by atomic mass is 10.1. The topological polar surface area (TPSA) is 95.5 Å². The molecule has 0 bridgehead atoms. The maximum absolute atomic E-state index is 11.9. The predicted octanol–water partition coefficient (Wildman–Crippen LogP) is 0.851. The molecule has 1 unspecified atom stereocenters. The summed E-state index contributed by atoms with van der Waals surface area (Å²) in [5.74, 6) is 0.156. The van der Waals surface area contributed by atoms with Crippen molar-refractivity contribution in [2.24, 2.45) is 0 Å². The van der Waals surface area contributed by atoms with Crippen molar-refractivity contribution in [2.75, 3.05) is 5.32 Å². The van der Waals surface area contributed by atoms with Gasteiger partial charge < -0.3 is 15.7 Å². The number of carboxylic acids is 1. The minimum atomic E-state index is -1.20. The molecule has 3 N–H and O–H groups in total. The quantitative estimate of drug-likeness (QED) is 0.694. The summed E-state index contributed by atoms with van der Waals surface area (Å²) in [5.41, 5.74) is 0.688. The van der Waals surface area contributed by atoms with Gasteiger partial charge in [-0.25, -0.2) is 4.79 Å². The van der Waals surface area contributed by atoms with Crippen molar-refractivity contribution in [3.05, 3.63) is 29.8 Å². The zero-order valence-electron chi connectivity index (χ0n) is 10.8. The first-order chi connectivity index (χ1) is 9.43. The van der Waals surface area contributed by atoms with Gasteiger partial charge in [-0.1, -0.05) is 6.07 Å². The zero-order valence-corrected chi connectivity index (χ0v) is 10.8. The third-order valence-electron chi connectivity index (χ3n) is 2.37. The van der Waals surface area contributed by atoms with Gasteiger partial charge in [-0.2, -0.15) is 0 Å². The molecular weight excluding hydrogens is 260 g/mol. The number of nitrogens with one attached hydrogen (secondary N) is 2. The smallest absolute Gasteiger partial charge is 0.327 e. The second-order valence-electron chi connectivity index (χ2n) is 4.03. The normalized spacial score (nSPS) is 11.0. The minimum absolute atomic E-state index is 0.105. The van der Waals surface area contributed by atoms with Gasteiger partial charge in [0.1, 0.15) is 6.04 Å². The molecule has 6 nitrogen and oxygen atoms in total. The van der Waals surface area contributed by atoms with Crippen LogP contribution in [0.15, 0.2) is 24.3 Å². The van der Waals surface area contributed by atoms with E-state index in [4.69, 9.17) is 11.5 Å². The van der Waals surface area contributed by atoms with Gasteiger partial charge in [-0.3, -0.25) is 9.59 Å². The van der Waals surface area contributed by atoms with Crippen LogP contribution in [0.1, 0.15) is 23.7 Å². The van der Waals surface area contributed by atoms with Crippen LogP contribution in [0.5, 0.6) is 0 Å². The average molecular weight is 274 g/mol. The van der Waals surface area contributed by atoms with Gasteiger partial charge in [0.15, 0.2) is 0 Å². The highest BCUT2D eigenvalue weighted by molar-refractivity contribution is 5.98. The van der Waals surface area contributed by atoms with Gasteiger partial charge in [0.05, 0.1) is 0 Å². The SMILES string of the molecule is C#CCC(NC(=O)c1cccc(NC(C)=O)c1)C(=O)O. The van der Waals surface area contributed by atoms with Gasteiger partial charge in [0.25, 0.3) is 5.91 Å². The highest BCUT2D eigenvalue weighted by atomic mass is 16.4. The van der Waals surface area contributed by atoms with E-state index in [9.17, 15) is 14.4 Å². The van der Waals surface area contributed by atoms with Crippen molar-refractivity contribution in [3.8, 4) is 12.3 Å². The number of carbonyl (C=O) groups excluding carboxylic acids is 2. The highest BCUT2D eigenvalue weighted by Gasteiger charge is 2.19. The van der Waals surface area contributed by atoms with Crippen molar-refractivity contribution in [2.45, 2.75) is 19.4 Å². The molecule has 0 aliphatic rings. The van der Waals surface area contributed by atoms with Gasteiger partial charge in [-0.15, -0.1) is 12.3 Å². The van der Waals surface area contributed by atoms with Crippen molar-refractivity contribution in [1.82, 2.24) is 5.32 Å². The minimum Gasteiger partial charge on any atom is -0.480 e. The maximum atomic E-state index is 11.9. The summed E-state index contributed by atoms with van der Waals surface area (Å²) in [5, 5.41) is 13.8. The molecule has 20 heavy (non-hydrogen) atoms. The van der Waals surface area contributed by atoms with Crippen LogP contribution in [-0.4, -0.2) is 28.9 Å². The van der Waals surface area contributed by atoms with E-state index in [1.165, 1.54) is 19.1 Å². The number of carboxylic acid groups (broad SMARTS) is 1. The Balaban J connectivity index is 2.84. The van der Waals surface area contributed by atoms with E-state index in [-0.39, 0.29) is 17.9 Å². The second-order valence-corrected chi connectivity index (χ2v) is 4.03. The fraction of sp³-hybridized carbons (Fsp3) is 0.214. The number of anilines is 1. The third kappa shape index (κ3) is 4.46. The van der Waals surface area contributed by atoms with Crippen LogP contribution < -0.4 is 10.6 Å². The molecule has 104 valence electrons. The molecule has 0 saturated heterocycles. The molecule has 1 aromatic carbocycles. The first kappa shape index (κ1) is 15.2. The van der Waals surface area contributed by atoms with Gasteiger partial charge >= 0.3 is 5.97 Å². The van der Waals surface area contributed by atoms with E-state index in [1.54, 1.807) is 12.1 Å². The number of carbonyl (C=O) groups is 3. The Morgan fingerprint density at radius 1 is 1.40 bits per heavy atom. The molecule has 0 spiro atoms. The third-order valence-corrected chi connectivity index (χ3v) is 2.37. The lowest BCUT2D eigenvalue weighted by molar-refractivity contribution is -0.139. The lowest BCUT2D eigenvalue weighted by Crippen LogP contribution is -2.40. The standard InChI is InChI=1S/C14H14N2O4/c1-3-5-12(14(19)20)16-13(18)10-6-4-7-11(8-10)15-9(2)17/h1,4,6-8,12H,5H2,2H3,(H,15,17)(H,16,18)(H,19,20). The van der Waals surface area contributed by atoms with E-state index in [0.29, 0.717) is 5.69 Å². The van der Waals surface area contributed by atoms with E-state index in [0.717, 1.165) is 0 Å². The van der Waals surface area contributed by atoms with Crippen LogP contribution in [0.4, 0.5) is 5.69 Å². The number of hydrogen-bond donors (Lipinski definition) is 3. The lowest BCUT2D eigenvalue weighted by Gasteiger charge is -2.12. The van der Waals surface area contributed by atoms with Crippen molar-refractivity contribution in [1.29, 1.82) is 0 Å². The summed E-state index contributed by atoms with van der Waals surface area (Å²) in [7, 11) is 0.